The molecule has 2 amide bonds. The molecule has 166 valence electrons. The van der Waals surface area contributed by atoms with Crippen LogP contribution in [0.1, 0.15) is 9.67 Å². The predicted molar refractivity (Wildman–Crippen MR) is 122 cm³/mol. The van der Waals surface area contributed by atoms with E-state index in [-0.39, 0.29) is 23.9 Å². The highest BCUT2D eigenvalue weighted by atomic mass is 35.5. The van der Waals surface area contributed by atoms with Crippen LogP contribution in [0.5, 0.6) is 0 Å². The van der Waals surface area contributed by atoms with Gasteiger partial charge in [-0.25, -0.2) is 18.2 Å². The number of carbonyl (C=O) groups is 2. The van der Waals surface area contributed by atoms with Gasteiger partial charge in [0.05, 0.1) is 27.2 Å². The maximum absolute atomic E-state index is 12.3. The predicted octanol–water partition coefficient (Wildman–Crippen LogP) is 3.62. The van der Waals surface area contributed by atoms with E-state index in [9.17, 15) is 18.0 Å². The van der Waals surface area contributed by atoms with Crippen molar-refractivity contribution < 1.29 is 22.7 Å². The van der Waals surface area contributed by atoms with E-state index < -0.39 is 22.0 Å². The van der Waals surface area contributed by atoms with Crippen LogP contribution in [0.2, 0.25) is 4.34 Å². The number of aromatic nitrogens is 1. The molecule has 1 saturated heterocycles. The summed E-state index contributed by atoms with van der Waals surface area (Å²) in [5, 5.41) is 2.73. The lowest BCUT2D eigenvalue weighted by Gasteiger charge is -2.13. The number of halogens is 1. The number of nitrogens with zero attached hydrogens (tertiary/aromatic N) is 2. The van der Waals surface area contributed by atoms with Crippen molar-refractivity contribution in [1.82, 2.24) is 10.3 Å². The number of rotatable bonds is 6. The summed E-state index contributed by atoms with van der Waals surface area (Å²) >= 11 is 7.01. The first-order valence-electron chi connectivity index (χ1n) is 9.49. The number of anilines is 1. The van der Waals surface area contributed by atoms with Crippen molar-refractivity contribution in [3.63, 3.8) is 0 Å². The highest BCUT2D eigenvalue weighted by Gasteiger charge is 2.33. The maximum atomic E-state index is 12.3. The molecule has 1 aliphatic rings. The van der Waals surface area contributed by atoms with E-state index in [1.165, 1.54) is 22.4 Å². The highest BCUT2D eigenvalue weighted by Crippen LogP contribution is 2.29. The molecule has 1 atom stereocenters. The van der Waals surface area contributed by atoms with Crippen LogP contribution in [-0.2, 0) is 14.6 Å². The van der Waals surface area contributed by atoms with Gasteiger partial charge in [0.1, 0.15) is 11.9 Å². The summed E-state index contributed by atoms with van der Waals surface area (Å²) in [6.45, 7) is 0.368. The van der Waals surface area contributed by atoms with Crippen LogP contribution in [0.15, 0.2) is 59.6 Å². The van der Waals surface area contributed by atoms with Gasteiger partial charge in [-0.2, -0.15) is 0 Å². The van der Waals surface area contributed by atoms with E-state index in [2.05, 4.69) is 10.3 Å². The molecule has 4 rings (SSSR count). The summed E-state index contributed by atoms with van der Waals surface area (Å²) in [7, 11) is -3.41. The second-order valence-electron chi connectivity index (χ2n) is 7.10. The number of amides is 2. The number of pyridine rings is 1. The summed E-state index contributed by atoms with van der Waals surface area (Å²) in [6, 6.07) is 13.3. The van der Waals surface area contributed by atoms with Gasteiger partial charge in [-0.05, 0) is 30.3 Å². The lowest BCUT2D eigenvalue weighted by molar-refractivity contribution is 0.0920. The van der Waals surface area contributed by atoms with Gasteiger partial charge in [0, 0.05) is 23.6 Å². The van der Waals surface area contributed by atoms with Gasteiger partial charge < -0.3 is 10.1 Å². The number of hydrogen-bond acceptors (Lipinski definition) is 7. The molecule has 1 aromatic carbocycles. The van der Waals surface area contributed by atoms with Crippen molar-refractivity contribution >= 4 is 50.6 Å². The molecular formula is C21H18ClN3O5S2. The largest absolute Gasteiger partial charge is 0.442 e. The first-order valence-corrected chi connectivity index (χ1v) is 12.6. The van der Waals surface area contributed by atoms with Crippen molar-refractivity contribution in [3.05, 3.63) is 63.9 Å². The summed E-state index contributed by atoms with van der Waals surface area (Å²) < 4.78 is 30.0. The van der Waals surface area contributed by atoms with Crippen molar-refractivity contribution in [2.75, 3.05) is 24.2 Å². The summed E-state index contributed by atoms with van der Waals surface area (Å²) in [6.07, 6.45) is 1.57. The Morgan fingerprint density at radius 3 is 2.69 bits per heavy atom. The molecule has 2 aromatic heterocycles. The van der Waals surface area contributed by atoms with Crippen LogP contribution in [0.3, 0.4) is 0 Å². The number of carbonyl (C=O) groups excluding carboxylic acids is 2. The zero-order valence-electron chi connectivity index (χ0n) is 16.8. The maximum Gasteiger partial charge on any atom is 0.416 e. The Kier molecular flexibility index (Phi) is 6.18. The SMILES string of the molecule is CS(=O)(=O)c1ccccc1-c1ccc(N2C[C@H](CNC(=O)c3ccc(Cl)s3)OC2=O)nc1. The summed E-state index contributed by atoms with van der Waals surface area (Å²) in [5.74, 6) is 0.0814. The van der Waals surface area contributed by atoms with Crippen LogP contribution in [0.25, 0.3) is 11.1 Å². The van der Waals surface area contributed by atoms with Crippen molar-refractivity contribution in [3.8, 4) is 11.1 Å². The van der Waals surface area contributed by atoms with Crippen molar-refractivity contribution in [2.45, 2.75) is 11.0 Å². The molecule has 0 spiro atoms. The molecule has 1 aliphatic heterocycles. The third-order valence-corrected chi connectivity index (χ3v) is 7.17. The Balaban J connectivity index is 1.44. The standard InChI is InChI=1S/C21H18ClN3O5S2/c1-32(28,29)17-5-3-2-4-15(17)13-6-9-19(23-10-13)25-12-14(30-21(25)27)11-24-20(26)16-7-8-18(22)31-16/h2-10,14H,11-12H2,1H3,(H,24,26)/t14-/m0/s1. The molecule has 0 radical (unpaired) electrons. The van der Waals surface area contributed by atoms with E-state index in [0.29, 0.717) is 26.2 Å². The molecule has 0 bridgehead atoms. The van der Waals surface area contributed by atoms with Gasteiger partial charge in [-0.15, -0.1) is 11.3 Å². The van der Waals surface area contributed by atoms with Crippen LogP contribution in [0.4, 0.5) is 10.6 Å². The third kappa shape index (κ3) is 4.77. The topological polar surface area (TPSA) is 106 Å². The number of sulfone groups is 1. The molecule has 0 saturated carbocycles. The molecule has 8 nitrogen and oxygen atoms in total. The minimum absolute atomic E-state index is 0.149. The average molecular weight is 492 g/mol. The number of thiophene rings is 1. The van der Waals surface area contributed by atoms with Crippen LogP contribution < -0.4 is 10.2 Å². The number of ether oxygens (including phenoxy) is 1. The highest BCUT2D eigenvalue weighted by molar-refractivity contribution is 7.90. The summed E-state index contributed by atoms with van der Waals surface area (Å²) in [4.78, 5) is 30.8. The first kappa shape index (κ1) is 22.3. The number of nitrogens with one attached hydrogen (secondary N) is 1. The van der Waals surface area contributed by atoms with Gasteiger partial charge in [0.25, 0.3) is 5.91 Å². The molecule has 32 heavy (non-hydrogen) atoms. The van der Waals surface area contributed by atoms with Gasteiger partial charge in [0.15, 0.2) is 9.84 Å². The molecule has 1 fully saturated rings. The lowest BCUT2D eigenvalue weighted by Crippen LogP contribution is -2.34. The van der Waals surface area contributed by atoms with Gasteiger partial charge in [-0.1, -0.05) is 29.8 Å². The van der Waals surface area contributed by atoms with Gasteiger partial charge in [-0.3, -0.25) is 9.69 Å². The minimum atomic E-state index is -3.41. The molecule has 11 heteroatoms. The van der Waals surface area contributed by atoms with Gasteiger partial charge in [0.2, 0.25) is 0 Å². The molecule has 3 aromatic rings. The fourth-order valence-electron chi connectivity index (χ4n) is 3.28. The summed E-state index contributed by atoms with van der Waals surface area (Å²) in [5.41, 5.74) is 1.15. The smallest absolute Gasteiger partial charge is 0.416 e. The van der Waals surface area contributed by atoms with E-state index in [1.807, 2.05) is 0 Å². The third-order valence-electron chi connectivity index (χ3n) is 4.78. The zero-order valence-corrected chi connectivity index (χ0v) is 19.2. The lowest BCUT2D eigenvalue weighted by atomic mass is 10.1. The molecule has 0 unspecified atom stereocenters. The van der Waals surface area contributed by atoms with E-state index >= 15 is 0 Å². The van der Waals surface area contributed by atoms with E-state index in [1.54, 1.807) is 48.5 Å². The average Bonchev–Trinajstić information content (AvgIpc) is 3.37. The number of cyclic esters (lactones) is 1. The Hall–Kier alpha value is -2.95. The zero-order chi connectivity index (χ0) is 22.9. The monoisotopic (exact) mass is 491 g/mol. The molecule has 3 heterocycles. The Bertz CT molecular complexity index is 1270. The van der Waals surface area contributed by atoms with Crippen LogP contribution in [0, 0.1) is 0 Å². The van der Waals surface area contributed by atoms with E-state index in [0.717, 1.165) is 6.26 Å². The van der Waals surface area contributed by atoms with Crippen LogP contribution in [-0.4, -0.2) is 50.9 Å². The minimum Gasteiger partial charge on any atom is -0.442 e. The first-order chi connectivity index (χ1) is 15.2. The molecule has 1 N–H and O–H groups in total. The van der Waals surface area contributed by atoms with Crippen LogP contribution >= 0.6 is 22.9 Å². The van der Waals surface area contributed by atoms with Gasteiger partial charge >= 0.3 is 6.09 Å². The van der Waals surface area contributed by atoms with E-state index in [4.69, 9.17) is 16.3 Å². The van der Waals surface area contributed by atoms with Crippen molar-refractivity contribution in [2.24, 2.45) is 0 Å². The normalized spacial score (nSPS) is 16.1. The Morgan fingerprint density at radius 2 is 2.03 bits per heavy atom. The molecule has 0 aliphatic carbocycles. The molecular weight excluding hydrogens is 474 g/mol. The Morgan fingerprint density at radius 1 is 1.25 bits per heavy atom. The number of hydrogen-bond donors (Lipinski definition) is 1. The van der Waals surface area contributed by atoms with Crippen molar-refractivity contribution in [1.29, 1.82) is 0 Å². The Labute approximate surface area is 193 Å². The second-order valence-corrected chi connectivity index (χ2v) is 10.8. The quantitative estimate of drug-likeness (QED) is 0.564. The number of benzene rings is 1. The fourth-order valence-corrected chi connectivity index (χ4v) is 5.15. The fraction of sp³-hybridized carbons (Fsp3) is 0.190. The second kappa shape index (κ2) is 8.89.